The van der Waals surface area contributed by atoms with Crippen molar-refractivity contribution in [3.05, 3.63) is 23.3 Å². The highest BCUT2D eigenvalue weighted by molar-refractivity contribution is 5.36. The van der Waals surface area contributed by atoms with Crippen molar-refractivity contribution in [2.24, 2.45) is 11.8 Å². The van der Waals surface area contributed by atoms with E-state index in [0.29, 0.717) is 18.3 Å². The van der Waals surface area contributed by atoms with E-state index in [1.807, 2.05) is 0 Å². The zero-order valence-electron chi connectivity index (χ0n) is 11.0. The minimum Gasteiger partial charge on any atom is -0.362 e. The smallest absolute Gasteiger partial charge is 0.193 e. The maximum atomic E-state index is 10.7. The zero-order chi connectivity index (χ0) is 12.4. The van der Waals surface area contributed by atoms with Crippen LogP contribution >= 0.6 is 0 Å². The zero-order valence-corrected chi connectivity index (χ0v) is 11.0. The van der Waals surface area contributed by atoms with E-state index < -0.39 is 5.79 Å². The third kappa shape index (κ3) is 1.28. The second-order valence-electron chi connectivity index (χ2n) is 6.36. The van der Waals surface area contributed by atoms with Crippen molar-refractivity contribution >= 4 is 0 Å². The molecule has 0 radical (unpaired) electrons. The number of hydrogen-bond donors (Lipinski definition) is 1. The Bertz CT molecular complexity index is 419. The Hall–Kier alpha value is -0.600. The molecule has 17 heavy (non-hydrogen) atoms. The molecule has 4 atom stereocenters. The Labute approximate surface area is 103 Å². The van der Waals surface area contributed by atoms with Crippen LogP contribution in [0.1, 0.15) is 46.5 Å². The molecule has 2 saturated heterocycles. The van der Waals surface area contributed by atoms with Crippen molar-refractivity contribution < 1.29 is 9.84 Å². The van der Waals surface area contributed by atoms with Crippen LogP contribution in [0.25, 0.3) is 0 Å². The molecule has 1 saturated carbocycles. The van der Waals surface area contributed by atoms with Gasteiger partial charge < -0.3 is 9.84 Å². The summed E-state index contributed by atoms with van der Waals surface area (Å²) in [6.07, 6.45) is 3.85. The summed E-state index contributed by atoms with van der Waals surface area (Å²) >= 11 is 0. The van der Waals surface area contributed by atoms with Crippen LogP contribution in [0.15, 0.2) is 23.3 Å². The summed E-state index contributed by atoms with van der Waals surface area (Å²) in [5.74, 6) is -0.0760. The molecule has 1 aliphatic carbocycles. The molecule has 0 aromatic heterocycles. The maximum absolute atomic E-state index is 10.7. The van der Waals surface area contributed by atoms with Crippen LogP contribution in [0.3, 0.4) is 0 Å². The third-order valence-electron chi connectivity index (χ3n) is 5.16. The number of rotatable bonds is 0. The molecule has 0 unspecified atom stereocenters. The van der Waals surface area contributed by atoms with Crippen molar-refractivity contribution in [3.8, 4) is 0 Å². The average molecular weight is 234 g/mol. The molecule has 2 aliphatic heterocycles. The molecule has 1 N–H and O–H groups in total. The Kier molecular flexibility index (Phi) is 2.19. The minimum absolute atomic E-state index is 0.156. The molecule has 2 heteroatoms. The summed E-state index contributed by atoms with van der Waals surface area (Å²) in [6.45, 7) is 10.6. The van der Waals surface area contributed by atoms with E-state index in [4.69, 9.17) is 4.74 Å². The minimum atomic E-state index is -1.05. The van der Waals surface area contributed by atoms with Crippen LogP contribution < -0.4 is 0 Å². The molecule has 1 spiro atoms. The van der Waals surface area contributed by atoms with Gasteiger partial charge in [0.25, 0.3) is 0 Å². The molecular formula is C15H22O2. The molecule has 3 rings (SSSR count). The van der Waals surface area contributed by atoms with Gasteiger partial charge in [0.05, 0.1) is 5.60 Å². The number of aliphatic hydroxyl groups is 1. The van der Waals surface area contributed by atoms with Crippen molar-refractivity contribution in [2.45, 2.75) is 57.8 Å². The number of fused-ring (bicyclic) bond motifs is 1. The van der Waals surface area contributed by atoms with E-state index in [0.717, 1.165) is 12.0 Å². The first-order chi connectivity index (χ1) is 7.89. The highest BCUT2D eigenvalue weighted by Gasteiger charge is 2.64. The Morgan fingerprint density at radius 1 is 1.35 bits per heavy atom. The summed E-state index contributed by atoms with van der Waals surface area (Å²) in [6, 6.07) is 0. The van der Waals surface area contributed by atoms with Gasteiger partial charge in [-0.05, 0) is 38.2 Å². The summed E-state index contributed by atoms with van der Waals surface area (Å²) < 4.78 is 6.19. The summed E-state index contributed by atoms with van der Waals surface area (Å²) in [5, 5.41) is 10.7. The molecule has 0 amide bonds. The number of allylic oxidation sites excluding steroid dienone is 1. The van der Waals surface area contributed by atoms with Crippen LogP contribution in [-0.2, 0) is 4.74 Å². The standard InChI is InChI=1S/C15H22O2/c1-9(2)13-8-14-11(4)5-6-12(14)10(3)7-15(13,16)17-14/h11-12,16H,3,5-8H2,1-2,4H3/t11-,12-,14-,15+/m1/s1. The Morgan fingerprint density at radius 2 is 2.06 bits per heavy atom. The van der Waals surface area contributed by atoms with Gasteiger partial charge in [0, 0.05) is 18.8 Å². The third-order valence-corrected chi connectivity index (χ3v) is 5.16. The van der Waals surface area contributed by atoms with E-state index in [-0.39, 0.29) is 5.60 Å². The second-order valence-corrected chi connectivity index (χ2v) is 6.36. The number of hydrogen-bond acceptors (Lipinski definition) is 2. The van der Waals surface area contributed by atoms with Crippen LogP contribution in [0.2, 0.25) is 0 Å². The van der Waals surface area contributed by atoms with Gasteiger partial charge in [-0.2, -0.15) is 0 Å². The molecule has 3 aliphatic rings. The maximum Gasteiger partial charge on any atom is 0.193 e. The number of ether oxygens (including phenoxy) is 1. The Morgan fingerprint density at radius 3 is 2.71 bits per heavy atom. The van der Waals surface area contributed by atoms with Crippen molar-refractivity contribution in [1.82, 2.24) is 0 Å². The van der Waals surface area contributed by atoms with E-state index in [2.05, 4.69) is 27.4 Å². The predicted octanol–water partition coefficient (Wildman–Crippen LogP) is 3.18. The highest BCUT2D eigenvalue weighted by atomic mass is 16.6. The molecule has 0 aromatic carbocycles. The van der Waals surface area contributed by atoms with Crippen LogP contribution in [-0.4, -0.2) is 16.5 Å². The van der Waals surface area contributed by atoms with E-state index in [1.54, 1.807) is 0 Å². The van der Waals surface area contributed by atoms with Gasteiger partial charge in [-0.15, -0.1) is 0 Å². The van der Waals surface area contributed by atoms with E-state index in [1.165, 1.54) is 24.0 Å². The molecule has 2 bridgehead atoms. The first-order valence-electron chi connectivity index (χ1n) is 6.66. The lowest BCUT2D eigenvalue weighted by molar-refractivity contribution is -0.242. The van der Waals surface area contributed by atoms with Crippen LogP contribution in [0.4, 0.5) is 0 Å². The topological polar surface area (TPSA) is 29.5 Å². The molecule has 2 nitrogen and oxygen atoms in total. The SMILES string of the molecule is C=C1C[C@]2(O)O[C@]3(CC2=C(C)C)[C@H](C)CC[C@H]13. The summed E-state index contributed by atoms with van der Waals surface area (Å²) in [5.41, 5.74) is 3.35. The van der Waals surface area contributed by atoms with Crippen molar-refractivity contribution in [1.29, 1.82) is 0 Å². The fraction of sp³-hybridized carbons (Fsp3) is 0.733. The average Bonchev–Trinajstić information content (AvgIpc) is 2.65. The molecule has 0 aromatic rings. The van der Waals surface area contributed by atoms with Crippen molar-refractivity contribution in [3.63, 3.8) is 0 Å². The molecule has 2 heterocycles. The monoisotopic (exact) mass is 234 g/mol. The first kappa shape index (κ1) is 11.5. The first-order valence-corrected chi connectivity index (χ1v) is 6.66. The van der Waals surface area contributed by atoms with Crippen molar-refractivity contribution in [2.75, 3.05) is 0 Å². The Balaban J connectivity index is 2.14. The van der Waals surface area contributed by atoms with Gasteiger partial charge in [-0.1, -0.05) is 24.6 Å². The molecular weight excluding hydrogens is 212 g/mol. The van der Waals surface area contributed by atoms with Crippen LogP contribution in [0.5, 0.6) is 0 Å². The van der Waals surface area contributed by atoms with E-state index >= 15 is 0 Å². The van der Waals surface area contributed by atoms with Gasteiger partial charge >= 0.3 is 0 Å². The highest BCUT2D eigenvalue weighted by Crippen LogP contribution is 2.62. The van der Waals surface area contributed by atoms with Gasteiger partial charge in [0.15, 0.2) is 5.79 Å². The largest absolute Gasteiger partial charge is 0.362 e. The fourth-order valence-electron chi connectivity index (χ4n) is 4.24. The quantitative estimate of drug-likeness (QED) is 0.652. The predicted molar refractivity (Wildman–Crippen MR) is 67.4 cm³/mol. The normalized spacial score (nSPS) is 48.5. The lowest BCUT2D eigenvalue weighted by Gasteiger charge is -2.42. The van der Waals surface area contributed by atoms with E-state index in [9.17, 15) is 5.11 Å². The van der Waals surface area contributed by atoms with Gasteiger partial charge in [-0.25, -0.2) is 0 Å². The lowest BCUT2D eigenvalue weighted by Crippen LogP contribution is -2.47. The molecule has 3 fully saturated rings. The summed E-state index contributed by atoms with van der Waals surface area (Å²) in [7, 11) is 0. The fourth-order valence-corrected chi connectivity index (χ4v) is 4.24. The van der Waals surface area contributed by atoms with Gasteiger partial charge in [0.1, 0.15) is 0 Å². The van der Waals surface area contributed by atoms with Gasteiger partial charge in [-0.3, -0.25) is 0 Å². The second kappa shape index (κ2) is 3.24. The van der Waals surface area contributed by atoms with Gasteiger partial charge in [0.2, 0.25) is 0 Å². The molecule has 94 valence electrons. The lowest BCUT2D eigenvalue weighted by atomic mass is 9.78. The summed E-state index contributed by atoms with van der Waals surface area (Å²) in [4.78, 5) is 0. The van der Waals surface area contributed by atoms with Crippen LogP contribution in [0, 0.1) is 11.8 Å².